The molecule has 0 amide bonds. The third-order valence-corrected chi connectivity index (χ3v) is 3.34. The summed E-state index contributed by atoms with van der Waals surface area (Å²) in [4.78, 5) is 5.61. The molecular formula is C10H18N2O2S. The number of ether oxygens (including phenoxy) is 2. The highest BCUT2D eigenvalue weighted by molar-refractivity contribution is 7.11. The van der Waals surface area contributed by atoms with Gasteiger partial charge in [-0.1, -0.05) is 0 Å². The Bertz CT molecular complexity index is 300. The monoisotopic (exact) mass is 230 g/mol. The molecule has 0 saturated heterocycles. The largest absolute Gasteiger partial charge is 0.384 e. The molecule has 4 nitrogen and oxygen atoms in total. The van der Waals surface area contributed by atoms with Crippen molar-refractivity contribution >= 4 is 11.3 Å². The highest BCUT2D eigenvalue weighted by Gasteiger charge is 2.13. The van der Waals surface area contributed by atoms with Gasteiger partial charge in [0.2, 0.25) is 0 Å². The number of hydrogen-bond acceptors (Lipinski definition) is 5. The first kappa shape index (κ1) is 12.6. The molecule has 0 aliphatic heterocycles. The van der Waals surface area contributed by atoms with E-state index in [1.807, 2.05) is 6.92 Å². The minimum absolute atomic E-state index is 0.0175. The molecule has 0 bridgehead atoms. The normalized spacial score (nSPS) is 13.1. The van der Waals surface area contributed by atoms with Crippen LogP contribution in [-0.4, -0.2) is 25.8 Å². The van der Waals surface area contributed by atoms with E-state index in [4.69, 9.17) is 15.2 Å². The van der Waals surface area contributed by atoms with Gasteiger partial charge in [-0.2, -0.15) is 0 Å². The number of aromatic nitrogens is 1. The molecule has 5 heteroatoms. The minimum atomic E-state index is 0.0175. The molecule has 1 aromatic rings. The summed E-state index contributed by atoms with van der Waals surface area (Å²) in [6.45, 7) is 3.19. The van der Waals surface area contributed by atoms with Gasteiger partial charge in [-0.15, -0.1) is 11.3 Å². The van der Waals surface area contributed by atoms with Crippen molar-refractivity contribution in [1.29, 1.82) is 0 Å². The molecule has 1 heterocycles. The Morgan fingerprint density at radius 1 is 1.40 bits per heavy atom. The summed E-state index contributed by atoms with van der Waals surface area (Å²) in [5.74, 6) is 0. The van der Waals surface area contributed by atoms with E-state index >= 15 is 0 Å². The van der Waals surface area contributed by atoms with Crippen LogP contribution in [0.15, 0.2) is 0 Å². The van der Waals surface area contributed by atoms with Gasteiger partial charge in [-0.05, 0) is 6.92 Å². The molecule has 86 valence electrons. The van der Waals surface area contributed by atoms with Gasteiger partial charge in [0.05, 0.1) is 23.9 Å². The number of thiazole rings is 1. The van der Waals surface area contributed by atoms with Crippen LogP contribution in [0, 0.1) is 0 Å². The smallest absolute Gasteiger partial charge is 0.0955 e. The summed E-state index contributed by atoms with van der Waals surface area (Å²) in [5.41, 5.74) is 6.83. The van der Waals surface area contributed by atoms with Crippen LogP contribution in [0.5, 0.6) is 0 Å². The Hall–Kier alpha value is -0.490. The van der Waals surface area contributed by atoms with Crippen molar-refractivity contribution in [2.45, 2.75) is 26.0 Å². The second-order valence-electron chi connectivity index (χ2n) is 3.38. The van der Waals surface area contributed by atoms with Crippen molar-refractivity contribution in [3.8, 4) is 0 Å². The van der Waals surface area contributed by atoms with Crippen molar-refractivity contribution in [3.63, 3.8) is 0 Å². The van der Waals surface area contributed by atoms with E-state index in [1.165, 1.54) is 0 Å². The van der Waals surface area contributed by atoms with Crippen LogP contribution in [0.3, 0.4) is 0 Å². The van der Waals surface area contributed by atoms with Gasteiger partial charge in [-0.25, -0.2) is 4.98 Å². The Morgan fingerprint density at radius 2 is 2.13 bits per heavy atom. The fourth-order valence-corrected chi connectivity index (χ4v) is 2.31. The van der Waals surface area contributed by atoms with Crippen molar-refractivity contribution in [3.05, 3.63) is 15.6 Å². The van der Waals surface area contributed by atoms with E-state index in [1.54, 1.807) is 25.6 Å². The zero-order chi connectivity index (χ0) is 11.3. The average Bonchev–Trinajstić information content (AvgIpc) is 2.59. The van der Waals surface area contributed by atoms with E-state index in [0.717, 1.165) is 22.0 Å². The van der Waals surface area contributed by atoms with Crippen LogP contribution in [0.4, 0.5) is 0 Å². The van der Waals surface area contributed by atoms with E-state index in [-0.39, 0.29) is 6.04 Å². The van der Waals surface area contributed by atoms with E-state index in [0.29, 0.717) is 13.2 Å². The Morgan fingerprint density at radius 3 is 2.67 bits per heavy atom. The standard InChI is InChI=1S/C10H18N2O2S/c1-7(11)10-8(6-14-3)12-9(15-10)4-5-13-2/h7H,4-6,11H2,1-3H3. The summed E-state index contributed by atoms with van der Waals surface area (Å²) in [5, 5.41) is 1.07. The molecule has 0 fully saturated rings. The van der Waals surface area contributed by atoms with Crippen LogP contribution in [0.2, 0.25) is 0 Å². The molecule has 0 aliphatic rings. The van der Waals surface area contributed by atoms with Crippen molar-refractivity contribution in [2.75, 3.05) is 20.8 Å². The van der Waals surface area contributed by atoms with Gasteiger partial charge in [0.1, 0.15) is 0 Å². The fraction of sp³-hybridized carbons (Fsp3) is 0.700. The molecule has 1 rings (SSSR count). The maximum Gasteiger partial charge on any atom is 0.0955 e. The van der Waals surface area contributed by atoms with Gasteiger partial charge in [-0.3, -0.25) is 0 Å². The lowest BCUT2D eigenvalue weighted by Gasteiger charge is -2.03. The van der Waals surface area contributed by atoms with Gasteiger partial charge >= 0.3 is 0 Å². The average molecular weight is 230 g/mol. The van der Waals surface area contributed by atoms with Crippen molar-refractivity contribution in [1.82, 2.24) is 4.98 Å². The molecular weight excluding hydrogens is 212 g/mol. The van der Waals surface area contributed by atoms with E-state index in [9.17, 15) is 0 Å². The number of methoxy groups -OCH3 is 2. The topological polar surface area (TPSA) is 57.4 Å². The van der Waals surface area contributed by atoms with Crippen LogP contribution in [-0.2, 0) is 22.5 Å². The molecule has 15 heavy (non-hydrogen) atoms. The third kappa shape index (κ3) is 3.53. The molecule has 0 radical (unpaired) electrons. The predicted molar refractivity (Wildman–Crippen MR) is 61.0 cm³/mol. The molecule has 0 spiro atoms. The SMILES string of the molecule is COCCc1nc(COC)c(C(C)N)s1. The lowest BCUT2D eigenvalue weighted by Crippen LogP contribution is -2.06. The maximum atomic E-state index is 5.87. The highest BCUT2D eigenvalue weighted by atomic mass is 32.1. The Kier molecular flexibility index (Phi) is 5.17. The molecule has 1 atom stereocenters. The fourth-order valence-electron chi connectivity index (χ4n) is 1.31. The van der Waals surface area contributed by atoms with Crippen LogP contribution in [0.25, 0.3) is 0 Å². The first-order valence-corrected chi connectivity index (χ1v) is 5.72. The zero-order valence-corrected chi connectivity index (χ0v) is 10.3. The number of hydrogen-bond donors (Lipinski definition) is 1. The lowest BCUT2D eigenvalue weighted by atomic mass is 10.2. The summed E-state index contributed by atoms with van der Waals surface area (Å²) in [6, 6.07) is 0.0175. The summed E-state index contributed by atoms with van der Waals surface area (Å²) in [7, 11) is 3.36. The van der Waals surface area contributed by atoms with E-state index < -0.39 is 0 Å². The predicted octanol–water partition coefficient (Wildman–Crippen LogP) is 1.50. The van der Waals surface area contributed by atoms with Crippen LogP contribution >= 0.6 is 11.3 Å². The second-order valence-corrected chi connectivity index (χ2v) is 4.50. The van der Waals surface area contributed by atoms with Gasteiger partial charge in [0.15, 0.2) is 0 Å². The molecule has 0 aliphatic carbocycles. The first-order valence-electron chi connectivity index (χ1n) is 4.91. The van der Waals surface area contributed by atoms with E-state index in [2.05, 4.69) is 4.98 Å². The summed E-state index contributed by atoms with van der Waals surface area (Å²) < 4.78 is 10.1. The molecule has 0 aromatic carbocycles. The van der Waals surface area contributed by atoms with Gasteiger partial charge in [0.25, 0.3) is 0 Å². The highest BCUT2D eigenvalue weighted by Crippen LogP contribution is 2.24. The van der Waals surface area contributed by atoms with Crippen molar-refractivity contribution < 1.29 is 9.47 Å². The van der Waals surface area contributed by atoms with Gasteiger partial charge in [0, 0.05) is 31.6 Å². The quantitative estimate of drug-likeness (QED) is 0.804. The molecule has 1 unspecified atom stereocenters. The summed E-state index contributed by atoms with van der Waals surface area (Å²) in [6.07, 6.45) is 0.838. The molecule has 2 N–H and O–H groups in total. The van der Waals surface area contributed by atoms with Crippen LogP contribution in [0.1, 0.15) is 28.5 Å². The van der Waals surface area contributed by atoms with Crippen LogP contribution < -0.4 is 5.73 Å². The molecule has 1 aromatic heterocycles. The Labute approximate surface area is 94.4 Å². The number of rotatable bonds is 6. The Balaban J connectivity index is 2.78. The molecule has 0 saturated carbocycles. The lowest BCUT2D eigenvalue weighted by molar-refractivity contribution is 0.180. The second kappa shape index (κ2) is 6.17. The first-order chi connectivity index (χ1) is 7.19. The third-order valence-electron chi connectivity index (χ3n) is 1.99. The summed E-state index contributed by atoms with van der Waals surface area (Å²) >= 11 is 1.65. The minimum Gasteiger partial charge on any atom is -0.384 e. The van der Waals surface area contributed by atoms with Gasteiger partial charge < -0.3 is 15.2 Å². The zero-order valence-electron chi connectivity index (χ0n) is 9.45. The number of nitrogens with two attached hydrogens (primary N) is 1. The van der Waals surface area contributed by atoms with Crippen molar-refractivity contribution in [2.24, 2.45) is 5.73 Å². The maximum absolute atomic E-state index is 5.87. The number of nitrogens with zero attached hydrogens (tertiary/aromatic N) is 1.